The van der Waals surface area contributed by atoms with Gasteiger partial charge in [-0.25, -0.2) is 0 Å². The van der Waals surface area contributed by atoms with E-state index in [9.17, 15) is 0 Å². The quantitative estimate of drug-likeness (QED) is 0.558. The minimum absolute atomic E-state index is 0.378. The lowest BCUT2D eigenvalue weighted by Crippen LogP contribution is -2.36. The van der Waals surface area contributed by atoms with Crippen molar-refractivity contribution in [3.8, 4) is 0 Å². The molecule has 0 aromatic heterocycles. The molecule has 0 radical (unpaired) electrons. The van der Waals surface area contributed by atoms with Gasteiger partial charge in [0.25, 0.3) is 0 Å². The maximum Gasteiger partial charge on any atom is 0.0489 e. The van der Waals surface area contributed by atoms with Crippen LogP contribution in [0.5, 0.6) is 0 Å². The monoisotopic (exact) mass is 147 g/mol. The Morgan fingerprint density at radius 3 is 2.44 bits per heavy atom. The SMILES string of the molecule is CN[C@@H]1CCCC[C@H]1Cl. The van der Waals surface area contributed by atoms with Crippen molar-refractivity contribution in [3.05, 3.63) is 0 Å². The van der Waals surface area contributed by atoms with Crippen molar-refractivity contribution in [2.45, 2.75) is 37.1 Å². The fraction of sp³-hybridized carbons (Fsp3) is 1.00. The van der Waals surface area contributed by atoms with Crippen LogP contribution in [0.15, 0.2) is 0 Å². The van der Waals surface area contributed by atoms with Gasteiger partial charge in [0.1, 0.15) is 0 Å². The first-order valence-electron chi connectivity index (χ1n) is 3.66. The Bertz CT molecular complexity index is 85.0. The highest BCUT2D eigenvalue weighted by Crippen LogP contribution is 2.22. The lowest BCUT2D eigenvalue weighted by atomic mass is 9.95. The van der Waals surface area contributed by atoms with Crippen LogP contribution >= 0.6 is 11.6 Å². The molecule has 0 unspecified atom stereocenters. The third-order valence-electron chi connectivity index (χ3n) is 2.05. The zero-order chi connectivity index (χ0) is 6.69. The normalized spacial score (nSPS) is 36.7. The van der Waals surface area contributed by atoms with Gasteiger partial charge < -0.3 is 5.32 Å². The van der Waals surface area contributed by atoms with Crippen LogP contribution < -0.4 is 5.32 Å². The molecule has 1 nitrogen and oxygen atoms in total. The number of halogens is 1. The average Bonchev–Trinajstić information content (AvgIpc) is 1.89. The molecule has 1 N–H and O–H groups in total. The summed E-state index contributed by atoms with van der Waals surface area (Å²) in [5.74, 6) is 0. The predicted octanol–water partition coefficient (Wildman–Crippen LogP) is 1.76. The molecule has 1 aliphatic rings. The zero-order valence-corrected chi connectivity index (χ0v) is 6.62. The van der Waals surface area contributed by atoms with Crippen LogP contribution in [0.3, 0.4) is 0 Å². The number of rotatable bonds is 1. The van der Waals surface area contributed by atoms with E-state index in [0.717, 1.165) is 0 Å². The lowest BCUT2D eigenvalue weighted by Gasteiger charge is -2.26. The average molecular weight is 148 g/mol. The molecule has 0 amide bonds. The van der Waals surface area contributed by atoms with Gasteiger partial charge in [-0.15, -0.1) is 11.6 Å². The van der Waals surface area contributed by atoms with Crippen LogP contribution in [-0.4, -0.2) is 18.5 Å². The van der Waals surface area contributed by atoms with E-state index in [1.807, 2.05) is 7.05 Å². The lowest BCUT2D eigenvalue weighted by molar-refractivity contribution is 0.401. The summed E-state index contributed by atoms with van der Waals surface area (Å²) in [6, 6.07) is 0.570. The molecule has 1 aliphatic carbocycles. The van der Waals surface area contributed by atoms with Gasteiger partial charge in [-0.1, -0.05) is 12.8 Å². The van der Waals surface area contributed by atoms with Gasteiger partial charge >= 0.3 is 0 Å². The summed E-state index contributed by atoms with van der Waals surface area (Å²) in [4.78, 5) is 0. The largest absolute Gasteiger partial charge is 0.316 e. The predicted molar refractivity (Wildman–Crippen MR) is 41.0 cm³/mol. The molecule has 54 valence electrons. The fourth-order valence-corrected chi connectivity index (χ4v) is 1.82. The van der Waals surface area contributed by atoms with E-state index in [-0.39, 0.29) is 0 Å². The van der Waals surface area contributed by atoms with Crippen LogP contribution in [0.4, 0.5) is 0 Å². The van der Waals surface area contributed by atoms with E-state index in [1.165, 1.54) is 25.7 Å². The summed E-state index contributed by atoms with van der Waals surface area (Å²) in [5, 5.41) is 3.60. The van der Waals surface area contributed by atoms with Gasteiger partial charge in [-0.05, 0) is 19.9 Å². The Balaban J connectivity index is 2.30. The number of hydrogen-bond acceptors (Lipinski definition) is 1. The highest BCUT2D eigenvalue weighted by Gasteiger charge is 2.20. The van der Waals surface area contributed by atoms with Gasteiger partial charge in [-0.2, -0.15) is 0 Å². The van der Waals surface area contributed by atoms with E-state index in [1.54, 1.807) is 0 Å². The second kappa shape index (κ2) is 3.43. The van der Waals surface area contributed by atoms with E-state index < -0.39 is 0 Å². The summed E-state index contributed by atoms with van der Waals surface area (Å²) in [6.07, 6.45) is 5.10. The first-order valence-corrected chi connectivity index (χ1v) is 4.09. The van der Waals surface area contributed by atoms with Crippen molar-refractivity contribution in [3.63, 3.8) is 0 Å². The van der Waals surface area contributed by atoms with E-state index in [0.29, 0.717) is 11.4 Å². The molecular formula is C7H14ClN. The molecule has 0 heterocycles. The Hall–Kier alpha value is 0.250. The van der Waals surface area contributed by atoms with E-state index in [2.05, 4.69) is 5.32 Å². The van der Waals surface area contributed by atoms with Crippen molar-refractivity contribution < 1.29 is 0 Å². The Kier molecular flexibility index (Phi) is 2.80. The van der Waals surface area contributed by atoms with Crippen molar-refractivity contribution >= 4 is 11.6 Å². The van der Waals surface area contributed by atoms with Gasteiger partial charge in [0, 0.05) is 11.4 Å². The highest BCUT2D eigenvalue weighted by atomic mass is 35.5. The summed E-state index contributed by atoms with van der Waals surface area (Å²) in [6.45, 7) is 0. The summed E-state index contributed by atoms with van der Waals surface area (Å²) >= 11 is 6.02. The molecule has 2 atom stereocenters. The molecule has 0 aliphatic heterocycles. The molecule has 0 bridgehead atoms. The van der Waals surface area contributed by atoms with Gasteiger partial charge in [0.2, 0.25) is 0 Å². The van der Waals surface area contributed by atoms with Gasteiger partial charge in [0.15, 0.2) is 0 Å². The first kappa shape index (κ1) is 7.36. The Morgan fingerprint density at radius 2 is 2.00 bits per heavy atom. The van der Waals surface area contributed by atoms with E-state index >= 15 is 0 Å². The summed E-state index contributed by atoms with van der Waals surface area (Å²) < 4.78 is 0. The van der Waals surface area contributed by atoms with Crippen molar-refractivity contribution in [2.24, 2.45) is 0 Å². The molecule has 1 rings (SSSR count). The van der Waals surface area contributed by atoms with E-state index in [4.69, 9.17) is 11.6 Å². The Morgan fingerprint density at radius 1 is 1.33 bits per heavy atom. The van der Waals surface area contributed by atoms with Crippen molar-refractivity contribution in [1.29, 1.82) is 0 Å². The summed E-state index contributed by atoms with van der Waals surface area (Å²) in [7, 11) is 1.99. The summed E-state index contributed by atoms with van der Waals surface area (Å²) in [5.41, 5.74) is 0. The fourth-order valence-electron chi connectivity index (χ4n) is 1.41. The van der Waals surface area contributed by atoms with Crippen LogP contribution in [-0.2, 0) is 0 Å². The second-order valence-corrected chi connectivity index (χ2v) is 3.26. The molecule has 0 spiro atoms. The zero-order valence-electron chi connectivity index (χ0n) is 5.86. The first-order chi connectivity index (χ1) is 4.34. The standard InChI is InChI=1S/C7H14ClN/c1-9-7-5-3-2-4-6(7)8/h6-7,9H,2-5H2,1H3/t6-,7-/m1/s1. The Labute approximate surface area is 61.8 Å². The number of alkyl halides is 1. The minimum atomic E-state index is 0.378. The number of hydrogen-bond donors (Lipinski definition) is 1. The topological polar surface area (TPSA) is 12.0 Å². The molecule has 2 heteroatoms. The molecular weight excluding hydrogens is 134 g/mol. The molecule has 9 heavy (non-hydrogen) atoms. The maximum absolute atomic E-state index is 6.02. The maximum atomic E-state index is 6.02. The van der Waals surface area contributed by atoms with Crippen LogP contribution in [0.1, 0.15) is 25.7 Å². The highest BCUT2D eigenvalue weighted by molar-refractivity contribution is 6.21. The third-order valence-corrected chi connectivity index (χ3v) is 2.57. The van der Waals surface area contributed by atoms with Gasteiger partial charge in [0.05, 0.1) is 0 Å². The van der Waals surface area contributed by atoms with Crippen LogP contribution in [0, 0.1) is 0 Å². The molecule has 0 aromatic carbocycles. The second-order valence-electron chi connectivity index (χ2n) is 2.70. The third kappa shape index (κ3) is 1.84. The van der Waals surface area contributed by atoms with Crippen molar-refractivity contribution in [2.75, 3.05) is 7.05 Å². The van der Waals surface area contributed by atoms with Crippen molar-refractivity contribution in [1.82, 2.24) is 5.32 Å². The number of nitrogens with one attached hydrogen (secondary N) is 1. The van der Waals surface area contributed by atoms with Gasteiger partial charge in [-0.3, -0.25) is 0 Å². The molecule has 1 fully saturated rings. The van der Waals surface area contributed by atoms with Crippen LogP contribution in [0.25, 0.3) is 0 Å². The molecule has 0 saturated heterocycles. The minimum Gasteiger partial charge on any atom is -0.316 e. The smallest absolute Gasteiger partial charge is 0.0489 e. The molecule has 1 saturated carbocycles. The molecule has 0 aromatic rings. The van der Waals surface area contributed by atoms with Crippen LogP contribution in [0.2, 0.25) is 0 Å².